The molecule has 0 atom stereocenters. The first kappa shape index (κ1) is 12.0. The van der Waals surface area contributed by atoms with Crippen molar-refractivity contribution in [1.29, 1.82) is 0 Å². The average Bonchev–Trinajstić information content (AvgIpc) is 2.75. The van der Waals surface area contributed by atoms with Gasteiger partial charge in [-0.15, -0.1) is 0 Å². The largest absolute Gasteiger partial charge is 0.454 e. The number of carbonyl (C=O) groups is 1. The van der Waals surface area contributed by atoms with Crippen LogP contribution in [0.25, 0.3) is 0 Å². The first-order valence-corrected chi connectivity index (χ1v) is 5.13. The maximum absolute atomic E-state index is 13.2. The summed E-state index contributed by atoms with van der Waals surface area (Å²) in [6, 6.07) is 3.75. The van der Waals surface area contributed by atoms with Crippen molar-refractivity contribution in [3.05, 3.63) is 41.7 Å². The lowest BCUT2D eigenvalue weighted by Crippen LogP contribution is -2.09. The molecule has 0 bridgehead atoms. The van der Waals surface area contributed by atoms with Crippen LogP contribution in [0, 0.1) is 5.82 Å². The zero-order valence-corrected chi connectivity index (χ0v) is 9.63. The summed E-state index contributed by atoms with van der Waals surface area (Å²) in [7, 11) is 1.68. The van der Waals surface area contributed by atoms with E-state index in [0.29, 0.717) is 5.82 Å². The lowest BCUT2D eigenvalue weighted by atomic mass is 10.2. The highest BCUT2D eigenvalue weighted by atomic mass is 19.1. The van der Waals surface area contributed by atoms with Gasteiger partial charge in [0.15, 0.2) is 12.4 Å². The Balaban J connectivity index is 2.04. The van der Waals surface area contributed by atoms with Gasteiger partial charge in [0.25, 0.3) is 0 Å². The minimum absolute atomic E-state index is 0.0140. The summed E-state index contributed by atoms with van der Waals surface area (Å²) in [5, 5.41) is 3.83. The van der Waals surface area contributed by atoms with Gasteiger partial charge in [0.1, 0.15) is 12.1 Å². The van der Waals surface area contributed by atoms with Crippen LogP contribution in [0.2, 0.25) is 0 Å². The lowest BCUT2D eigenvalue weighted by Gasteiger charge is -2.05. The number of ether oxygens (including phenoxy) is 1. The molecule has 0 saturated heterocycles. The number of anilines is 1. The second-order valence-corrected chi connectivity index (χ2v) is 3.61. The fraction of sp³-hybridized carbons (Fsp3) is 0.182. The Morgan fingerprint density at radius 1 is 1.56 bits per heavy atom. The quantitative estimate of drug-likeness (QED) is 0.646. The molecular weight excluding hydrogens is 239 g/mol. The maximum Gasteiger partial charge on any atom is 0.338 e. The molecular formula is C11H11FN4O2. The number of esters is 1. The number of hydrogen-bond acceptors (Lipinski definition) is 5. The normalized spacial score (nSPS) is 10.3. The van der Waals surface area contributed by atoms with Crippen LogP contribution < -0.4 is 5.73 Å². The summed E-state index contributed by atoms with van der Waals surface area (Å²) >= 11 is 0. The van der Waals surface area contributed by atoms with E-state index in [1.54, 1.807) is 7.05 Å². The van der Waals surface area contributed by atoms with E-state index >= 15 is 0 Å². The first-order valence-electron chi connectivity index (χ1n) is 5.13. The number of nitrogens with zero attached hydrogens (tertiary/aromatic N) is 3. The molecule has 2 N–H and O–H groups in total. The monoisotopic (exact) mass is 250 g/mol. The van der Waals surface area contributed by atoms with E-state index in [2.05, 4.69) is 10.1 Å². The Labute approximate surface area is 102 Å². The van der Waals surface area contributed by atoms with Crippen molar-refractivity contribution in [3.8, 4) is 0 Å². The number of carbonyl (C=O) groups excluding carboxylic acids is 1. The maximum atomic E-state index is 13.2. The van der Waals surface area contributed by atoms with Gasteiger partial charge in [-0.2, -0.15) is 5.10 Å². The van der Waals surface area contributed by atoms with Crippen molar-refractivity contribution in [1.82, 2.24) is 14.8 Å². The third-order valence-electron chi connectivity index (χ3n) is 2.37. The molecule has 94 valence electrons. The Hall–Kier alpha value is -2.44. The smallest absolute Gasteiger partial charge is 0.338 e. The second-order valence-electron chi connectivity index (χ2n) is 3.61. The fourth-order valence-electron chi connectivity index (χ4n) is 1.32. The minimum Gasteiger partial charge on any atom is -0.454 e. The molecule has 0 fully saturated rings. The van der Waals surface area contributed by atoms with Crippen LogP contribution in [0.4, 0.5) is 10.1 Å². The zero-order valence-electron chi connectivity index (χ0n) is 9.63. The van der Waals surface area contributed by atoms with Gasteiger partial charge in [0, 0.05) is 7.05 Å². The van der Waals surface area contributed by atoms with Gasteiger partial charge in [-0.05, 0) is 18.2 Å². The van der Waals surface area contributed by atoms with Crippen LogP contribution >= 0.6 is 0 Å². The lowest BCUT2D eigenvalue weighted by molar-refractivity contribution is 0.0457. The van der Waals surface area contributed by atoms with Gasteiger partial charge >= 0.3 is 5.97 Å². The highest BCUT2D eigenvalue weighted by Gasteiger charge is 2.11. The van der Waals surface area contributed by atoms with E-state index in [4.69, 9.17) is 10.5 Å². The summed E-state index contributed by atoms with van der Waals surface area (Å²) in [6.07, 6.45) is 1.35. The van der Waals surface area contributed by atoms with Gasteiger partial charge in [0.05, 0.1) is 11.3 Å². The van der Waals surface area contributed by atoms with Crippen LogP contribution in [-0.4, -0.2) is 20.7 Å². The number of benzene rings is 1. The molecule has 0 aliphatic rings. The van der Waals surface area contributed by atoms with Crippen molar-refractivity contribution in [2.75, 3.05) is 5.73 Å². The highest BCUT2D eigenvalue weighted by molar-refractivity contribution is 5.89. The topological polar surface area (TPSA) is 83.0 Å². The molecule has 2 aromatic rings. The zero-order chi connectivity index (χ0) is 13.1. The highest BCUT2D eigenvalue weighted by Crippen LogP contribution is 2.13. The van der Waals surface area contributed by atoms with Crippen LogP contribution in [0.15, 0.2) is 24.5 Å². The minimum atomic E-state index is -0.650. The molecule has 0 aliphatic heterocycles. The Bertz CT molecular complexity index is 582. The molecule has 6 nitrogen and oxygen atoms in total. The fourth-order valence-corrected chi connectivity index (χ4v) is 1.32. The van der Waals surface area contributed by atoms with Gasteiger partial charge in [-0.3, -0.25) is 4.68 Å². The van der Waals surface area contributed by atoms with Gasteiger partial charge < -0.3 is 10.5 Å². The number of hydrogen-bond donors (Lipinski definition) is 1. The molecule has 1 heterocycles. The predicted octanol–water partition coefficient (Wildman–Crippen LogP) is 0.893. The Morgan fingerprint density at radius 2 is 2.33 bits per heavy atom. The number of rotatable bonds is 3. The molecule has 0 aliphatic carbocycles. The molecule has 0 spiro atoms. The summed E-state index contributed by atoms with van der Waals surface area (Å²) < 4.78 is 19.6. The number of nitrogens with two attached hydrogens (primary N) is 1. The Kier molecular flexibility index (Phi) is 3.22. The molecule has 1 aromatic heterocycles. The third kappa shape index (κ3) is 2.45. The summed E-state index contributed by atoms with van der Waals surface area (Å²) in [6.45, 7) is -0.0265. The molecule has 2 rings (SSSR count). The van der Waals surface area contributed by atoms with E-state index < -0.39 is 11.8 Å². The average molecular weight is 250 g/mol. The standard InChI is InChI=1S/C11H11FN4O2/c1-16-10(14-6-15-16)5-18-11(17)7-2-3-9(13)8(12)4-7/h2-4,6H,5,13H2,1H3. The SMILES string of the molecule is Cn1ncnc1COC(=O)c1ccc(N)c(F)c1. The van der Waals surface area contributed by atoms with Crippen molar-refractivity contribution >= 4 is 11.7 Å². The van der Waals surface area contributed by atoms with E-state index in [0.717, 1.165) is 6.07 Å². The summed E-state index contributed by atoms with van der Waals surface area (Å²) in [5.74, 6) is -0.792. The number of nitrogen functional groups attached to an aromatic ring is 1. The summed E-state index contributed by atoms with van der Waals surface area (Å²) in [4.78, 5) is 15.5. The third-order valence-corrected chi connectivity index (χ3v) is 2.37. The van der Waals surface area contributed by atoms with Crippen molar-refractivity contribution in [3.63, 3.8) is 0 Å². The van der Waals surface area contributed by atoms with Crippen molar-refractivity contribution in [2.45, 2.75) is 6.61 Å². The number of aryl methyl sites for hydroxylation is 1. The number of halogens is 1. The molecule has 0 unspecified atom stereocenters. The van der Waals surface area contributed by atoms with Crippen LogP contribution in [0.3, 0.4) is 0 Å². The predicted molar refractivity (Wildman–Crippen MR) is 60.9 cm³/mol. The summed E-state index contributed by atoms with van der Waals surface area (Å²) in [5.41, 5.74) is 5.40. The first-order chi connectivity index (χ1) is 8.58. The second kappa shape index (κ2) is 4.82. The van der Waals surface area contributed by atoms with E-state index in [1.165, 1.54) is 23.1 Å². The van der Waals surface area contributed by atoms with Crippen LogP contribution in [0.5, 0.6) is 0 Å². The number of aromatic nitrogens is 3. The van der Waals surface area contributed by atoms with E-state index in [9.17, 15) is 9.18 Å². The van der Waals surface area contributed by atoms with Crippen LogP contribution in [0.1, 0.15) is 16.2 Å². The van der Waals surface area contributed by atoms with E-state index in [-0.39, 0.29) is 17.9 Å². The molecule has 0 saturated carbocycles. The van der Waals surface area contributed by atoms with E-state index in [1.807, 2.05) is 0 Å². The van der Waals surface area contributed by atoms with Gasteiger partial charge in [-0.25, -0.2) is 14.2 Å². The van der Waals surface area contributed by atoms with Crippen molar-refractivity contribution < 1.29 is 13.9 Å². The van der Waals surface area contributed by atoms with Gasteiger partial charge in [-0.1, -0.05) is 0 Å². The molecule has 18 heavy (non-hydrogen) atoms. The molecule has 1 aromatic carbocycles. The van der Waals surface area contributed by atoms with Crippen LogP contribution in [-0.2, 0) is 18.4 Å². The van der Waals surface area contributed by atoms with Crippen molar-refractivity contribution in [2.24, 2.45) is 7.05 Å². The Morgan fingerprint density at radius 3 is 2.94 bits per heavy atom. The molecule has 0 radical (unpaired) electrons. The molecule has 0 amide bonds. The molecule has 7 heteroatoms. The van der Waals surface area contributed by atoms with Gasteiger partial charge in [0.2, 0.25) is 0 Å².